The second-order valence-electron chi connectivity index (χ2n) is 9.58. The molecule has 2 aliphatic rings. The average molecular weight is 534 g/mol. The van der Waals surface area contributed by atoms with Crippen LogP contribution < -0.4 is 15.1 Å². The molecular weight excluding hydrogens is 501 g/mol. The summed E-state index contributed by atoms with van der Waals surface area (Å²) in [6.07, 6.45) is 7.95. The minimum atomic E-state index is -0.721. The molecule has 2 aliphatic heterocycles. The Bertz CT molecular complexity index is 1060. The molecule has 1 amide bonds. The van der Waals surface area contributed by atoms with Crippen LogP contribution in [0.2, 0.25) is 10.0 Å². The van der Waals surface area contributed by atoms with Crippen molar-refractivity contribution in [1.82, 2.24) is 15.3 Å². The Hall–Kier alpha value is -2.58. The molecule has 1 aromatic heterocycles. The van der Waals surface area contributed by atoms with E-state index in [4.69, 9.17) is 28.3 Å². The number of amides is 1. The maximum atomic E-state index is 13.0. The van der Waals surface area contributed by atoms with Crippen molar-refractivity contribution in [2.75, 3.05) is 36.0 Å². The Labute approximate surface area is 222 Å². The zero-order valence-corrected chi connectivity index (χ0v) is 21.8. The molecule has 0 spiro atoms. The summed E-state index contributed by atoms with van der Waals surface area (Å²) in [6, 6.07) is 7.14. The van der Waals surface area contributed by atoms with Gasteiger partial charge >= 0.3 is 5.97 Å². The van der Waals surface area contributed by atoms with E-state index in [-0.39, 0.29) is 18.4 Å². The maximum Gasteiger partial charge on any atom is 0.303 e. The summed E-state index contributed by atoms with van der Waals surface area (Å²) in [6.45, 7) is 3.07. The smallest absolute Gasteiger partial charge is 0.303 e. The monoisotopic (exact) mass is 533 g/mol. The van der Waals surface area contributed by atoms with Gasteiger partial charge in [-0.05, 0) is 68.6 Å². The van der Waals surface area contributed by atoms with E-state index in [9.17, 15) is 9.59 Å². The van der Waals surface area contributed by atoms with E-state index in [1.165, 1.54) is 0 Å². The molecule has 36 heavy (non-hydrogen) atoms. The fraction of sp³-hybridized carbons (Fsp3) is 0.538. The van der Waals surface area contributed by atoms with Gasteiger partial charge in [0, 0.05) is 48.7 Å². The third-order valence-electron chi connectivity index (χ3n) is 7.14. The molecule has 3 heterocycles. The van der Waals surface area contributed by atoms with Gasteiger partial charge in [-0.3, -0.25) is 9.59 Å². The minimum absolute atomic E-state index is 0.0000709. The molecule has 2 aromatic rings. The van der Waals surface area contributed by atoms with E-state index in [2.05, 4.69) is 25.1 Å². The Morgan fingerprint density at radius 2 is 1.83 bits per heavy atom. The summed E-state index contributed by atoms with van der Waals surface area (Å²) >= 11 is 12.2. The highest BCUT2D eigenvalue weighted by molar-refractivity contribution is 6.35. The van der Waals surface area contributed by atoms with Crippen LogP contribution in [0.5, 0.6) is 0 Å². The molecule has 8 nitrogen and oxygen atoms in total. The minimum Gasteiger partial charge on any atom is -0.481 e. The predicted molar refractivity (Wildman–Crippen MR) is 142 cm³/mol. The number of piperidine rings is 1. The van der Waals surface area contributed by atoms with Gasteiger partial charge in [-0.25, -0.2) is 9.97 Å². The van der Waals surface area contributed by atoms with Crippen molar-refractivity contribution in [3.63, 3.8) is 0 Å². The van der Waals surface area contributed by atoms with Crippen molar-refractivity contribution < 1.29 is 14.7 Å². The standard InChI is InChI=1S/C26H33Cl2N5O3/c27-20-7-6-19(21(28)15-20)8-11-29-26(36)22-4-2-12-33(22)24-16-23(30-17-31-24)32-13-9-18(10-14-32)3-1-5-25(34)35/h6-7,15-18,22H,1-5,8-14H2,(H,29,36)(H,34,35)/t22-/m0/s1. The highest BCUT2D eigenvalue weighted by Gasteiger charge is 2.32. The first-order valence-corrected chi connectivity index (χ1v) is 13.4. The van der Waals surface area contributed by atoms with Gasteiger partial charge in [0.2, 0.25) is 5.91 Å². The van der Waals surface area contributed by atoms with Gasteiger partial charge in [0.25, 0.3) is 0 Å². The number of hydrogen-bond acceptors (Lipinski definition) is 6. The van der Waals surface area contributed by atoms with Gasteiger partial charge in [0.15, 0.2) is 0 Å². The number of aliphatic carboxylic acids is 1. The molecule has 0 aliphatic carbocycles. The van der Waals surface area contributed by atoms with Crippen LogP contribution in [-0.2, 0) is 16.0 Å². The van der Waals surface area contributed by atoms with Crippen LogP contribution in [-0.4, -0.2) is 59.2 Å². The number of carboxylic acids is 1. The van der Waals surface area contributed by atoms with Gasteiger partial charge in [-0.2, -0.15) is 0 Å². The average Bonchev–Trinajstić information content (AvgIpc) is 3.36. The number of carbonyl (C=O) groups excluding carboxylic acids is 1. The SMILES string of the molecule is O=C(O)CCCC1CCN(c2cc(N3CCC[C@H]3C(=O)NCCc3ccc(Cl)cc3Cl)ncn2)CC1. The predicted octanol–water partition coefficient (Wildman–Crippen LogP) is 4.58. The van der Waals surface area contributed by atoms with Crippen LogP contribution >= 0.6 is 23.2 Å². The number of carbonyl (C=O) groups is 2. The van der Waals surface area contributed by atoms with E-state index in [1.54, 1.807) is 18.5 Å². The van der Waals surface area contributed by atoms with Crippen LogP contribution in [0.1, 0.15) is 50.5 Å². The lowest BCUT2D eigenvalue weighted by Crippen LogP contribution is -2.44. The summed E-state index contributed by atoms with van der Waals surface area (Å²) in [7, 11) is 0. The quantitative estimate of drug-likeness (QED) is 0.460. The van der Waals surface area contributed by atoms with Crippen LogP contribution in [0.4, 0.5) is 11.6 Å². The highest BCUT2D eigenvalue weighted by atomic mass is 35.5. The molecule has 2 fully saturated rings. The van der Waals surface area contributed by atoms with Crippen LogP contribution in [0.25, 0.3) is 0 Å². The summed E-state index contributed by atoms with van der Waals surface area (Å²) in [5.74, 6) is 1.51. The number of halogens is 2. The number of nitrogens with one attached hydrogen (secondary N) is 1. The van der Waals surface area contributed by atoms with E-state index in [1.807, 2.05) is 12.1 Å². The third kappa shape index (κ3) is 7.01. The summed E-state index contributed by atoms with van der Waals surface area (Å²) in [4.78, 5) is 37.1. The van der Waals surface area contributed by atoms with E-state index in [0.29, 0.717) is 28.9 Å². The molecule has 0 bridgehead atoms. The normalized spacial score (nSPS) is 18.4. The number of aromatic nitrogens is 2. The van der Waals surface area contributed by atoms with Crippen LogP contribution in [0, 0.1) is 5.92 Å². The molecular formula is C26H33Cl2N5O3. The van der Waals surface area contributed by atoms with Crippen LogP contribution in [0.3, 0.4) is 0 Å². The van der Waals surface area contributed by atoms with Crippen LogP contribution in [0.15, 0.2) is 30.6 Å². The first-order valence-electron chi connectivity index (χ1n) is 12.7. The Kier molecular flexibility index (Phi) is 9.26. The third-order valence-corrected chi connectivity index (χ3v) is 7.73. The molecule has 194 valence electrons. The molecule has 0 saturated carbocycles. The fourth-order valence-electron chi connectivity index (χ4n) is 5.14. The van der Waals surface area contributed by atoms with Gasteiger partial charge < -0.3 is 20.2 Å². The molecule has 10 heteroatoms. The van der Waals surface area contributed by atoms with Gasteiger partial charge in [0.1, 0.15) is 24.0 Å². The number of anilines is 2. The van der Waals surface area contributed by atoms with E-state index >= 15 is 0 Å². The van der Waals surface area contributed by atoms with Gasteiger partial charge in [-0.1, -0.05) is 29.3 Å². The largest absolute Gasteiger partial charge is 0.481 e. The lowest BCUT2D eigenvalue weighted by Gasteiger charge is -2.33. The highest BCUT2D eigenvalue weighted by Crippen LogP contribution is 2.29. The summed E-state index contributed by atoms with van der Waals surface area (Å²) in [5.41, 5.74) is 0.954. The molecule has 2 N–H and O–H groups in total. The second kappa shape index (κ2) is 12.6. The number of benzene rings is 1. The lowest BCUT2D eigenvalue weighted by molar-refractivity contribution is -0.137. The Morgan fingerprint density at radius 3 is 2.58 bits per heavy atom. The Morgan fingerprint density at radius 1 is 1.06 bits per heavy atom. The van der Waals surface area contributed by atoms with E-state index < -0.39 is 5.97 Å². The molecule has 0 unspecified atom stereocenters. The molecule has 1 aromatic carbocycles. The number of carboxylic acid groups (broad SMARTS) is 1. The first-order chi connectivity index (χ1) is 17.4. The number of hydrogen-bond donors (Lipinski definition) is 2. The number of rotatable bonds is 10. The second-order valence-corrected chi connectivity index (χ2v) is 10.4. The zero-order chi connectivity index (χ0) is 25.5. The van der Waals surface area contributed by atoms with Gasteiger partial charge in [0.05, 0.1) is 0 Å². The van der Waals surface area contributed by atoms with Crippen molar-refractivity contribution in [3.8, 4) is 0 Å². The number of nitrogens with zero attached hydrogens (tertiary/aromatic N) is 4. The Balaban J connectivity index is 1.30. The molecule has 1 atom stereocenters. The maximum absolute atomic E-state index is 13.0. The molecule has 4 rings (SSSR count). The lowest BCUT2D eigenvalue weighted by atomic mass is 9.91. The molecule has 2 saturated heterocycles. The van der Waals surface area contributed by atoms with Gasteiger partial charge in [-0.15, -0.1) is 0 Å². The summed E-state index contributed by atoms with van der Waals surface area (Å²) < 4.78 is 0. The van der Waals surface area contributed by atoms with Crippen molar-refractivity contribution in [3.05, 3.63) is 46.2 Å². The zero-order valence-electron chi connectivity index (χ0n) is 20.3. The van der Waals surface area contributed by atoms with Crippen molar-refractivity contribution in [2.45, 2.75) is 57.4 Å². The topological polar surface area (TPSA) is 98.7 Å². The summed E-state index contributed by atoms with van der Waals surface area (Å²) in [5, 5.41) is 13.1. The van der Waals surface area contributed by atoms with Crippen molar-refractivity contribution in [1.29, 1.82) is 0 Å². The van der Waals surface area contributed by atoms with E-state index in [0.717, 1.165) is 75.4 Å². The van der Waals surface area contributed by atoms with Crippen molar-refractivity contribution in [2.24, 2.45) is 5.92 Å². The fourth-order valence-corrected chi connectivity index (χ4v) is 5.64. The van der Waals surface area contributed by atoms with Crippen molar-refractivity contribution >= 4 is 46.7 Å². The first kappa shape index (κ1) is 26.5. The molecule has 0 radical (unpaired) electrons.